The summed E-state index contributed by atoms with van der Waals surface area (Å²) in [6.45, 7) is 0.339. The smallest absolute Gasteiger partial charge is 0.352 e. The summed E-state index contributed by atoms with van der Waals surface area (Å²) in [5, 5.41) is 2.85. The summed E-state index contributed by atoms with van der Waals surface area (Å²) in [7, 11) is 3.36. The molecule has 148 valence electrons. The molecule has 1 aliphatic rings. The minimum Gasteiger partial charge on any atom is -0.352 e. The average molecular weight is 390 g/mol. The number of nitrogens with zero attached hydrogens (tertiary/aromatic N) is 1. The highest BCUT2D eigenvalue weighted by Gasteiger charge is 2.44. The van der Waals surface area contributed by atoms with Crippen LogP contribution in [-0.4, -0.2) is 30.8 Å². The van der Waals surface area contributed by atoms with Gasteiger partial charge in [-0.15, -0.1) is 0 Å². The molecule has 2 atom stereocenters. The lowest BCUT2D eigenvalue weighted by atomic mass is 10.1. The Bertz CT molecular complexity index is 859. The molecule has 1 aliphatic carbocycles. The quantitative estimate of drug-likeness (QED) is 0.844. The Morgan fingerprint density at radius 1 is 1.04 bits per heavy atom. The van der Waals surface area contributed by atoms with E-state index in [0.29, 0.717) is 18.5 Å². The Morgan fingerprint density at radius 2 is 1.64 bits per heavy atom. The molecule has 2 amide bonds. The van der Waals surface area contributed by atoms with Crippen molar-refractivity contribution in [1.29, 1.82) is 0 Å². The second-order valence-corrected chi connectivity index (χ2v) is 7.18. The third kappa shape index (κ3) is 4.52. The van der Waals surface area contributed by atoms with Crippen LogP contribution in [0.25, 0.3) is 0 Å². The fraction of sp³-hybridized carbons (Fsp3) is 0.333. The molecule has 28 heavy (non-hydrogen) atoms. The monoisotopic (exact) mass is 390 g/mol. The van der Waals surface area contributed by atoms with E-state index in [0.717, 1.165) is 23.3 Å². The molecule has 2 aromatic rings. The van der Waals surface area contributed by atoms with Crippen molar-refractivity contribution in [2.24, 2.45) is 5.92 Å². The van der Waals surface area contributed by atoms with Gasteiger partial charge in [-0.05, 0) is 47.7 Å². The summed E-state index contributed by atoms with van der Waals surface area (Å²) in [5.41, 5.74) is 1.51. The van der Waals surface area contributed by atoms with Crippen molar-refractivity contribution in [2.45, 2.75) is 25.1 Å². The second kappa shape index (κ2) is 7.66. The lowest BCUT2D eigenvalue weighted by Crippen LogP contribution is -2.25. The predicted octanol–water partition coefficient (Wildman–Crippen LogP) is 3.83. The van der Waals surface area contributed by atoms with E-state index >= 15 is 0 Å². The number of alkyl halides is 3. The minimum atomic E-state index is -4.36. The highest BCUT2D eigenvalue weighted by molar-refractivity contribution is 5.93. The van der Waals surface area contributed by atoms with Gasteiger partial charge in [-0.2, -0.15) is 13.2 Å². The lowest BCUT2D eigenvalue weighted by molar-refractivity contribution is -0.137. The summed E-state index contributed by atoms with van der Waals surface area (Å²) in [6, 6.07) is 12.0. The number of halogens is 3. The Balaban J connectivity index is 1.52. The maximum atomic E-state index is 12.6. The number of carbonyl (C=O) groups is 2. The van der Waals surface area contributed by atoms with Crippen molar-refractivity contribution in [3.05, 3.63) is 70.8 Å². The fourth-order valence-electron chi connectivity index (χ4n) is 3.12. The van der Waals surface area contributed by atoms with Gasteiger partial charge in [0.1, 0.15) is 0 Å². The van der Waals surface area contributed by atoms with E-state index in [1.807, 2.05) is 0 Å². The molecule has 2 unspecified atom stereocenters. The fourth-order valence-corrected chi connectivity index (χ4v) is 3.12. The molecular weight excluding hydrogens is 369 g/mol. The summed E-state index contributed by atoms with van der Waals surface area (Å²) < 4.78 is 37.9. The van der Waals surface area contributed by atoms with E-state index in [1.54, 1.807) is 38.4 Å². The van der Waals surface area contributed by atoms with E-state index in [2.05, 4.69) is 5.32 Å². The minimum absolute atomic E-state index is 0.0395. The first-order valence-electron chi connectivity index (χ1n) is 8.92. The molecule has 3 rings (SSSR count). The van der Waals surface area contributed by atoms with Crippen molar-refractivity contribution in [3.8, 4) is 0 Å². The summed E-state index contributed by atoms with van der Waals surface area (Å²) in [5.74, 6) is -0.458. The molecule has 0 aliphatic heterocycles. The standard InChI is InChI=1S/C21H21F3N2O2/c1-26(2)20(28)15-5-3-13(4-6-15)12-25-19(27)18-11-17(18)14-7-9-16(10-8-14)21(22,23)24/h3-10,17-18H,11-12H2,1-2H3,(H,25,27). The van der Waals surface area contributed by atoms with Crippen LogP contribution in [0.15, 0.2) is 48.5 Å². The van der Waals surface area contributed by atoms with E-state index in [4.69, 9.17) is 0 Å². The van der Waals surface area contributed by atoms with E-state index in [9.17, 15) is 22.8 Å². The van der Waals surface area contributed by atoms with Crippen LogP contribution in [0.3, 0.4) is 0 Å². The van der Waals surface area contributed by atoms with Crippen molar-refractivity contribution < 1.29 is 22.8 Å². The first-order valence-corrected chi connectivity index (χ1v) is 8.92. The number of hydrogen-bond donors (Lipinski definition) is 1. The van der Waals surface area contributed by atoms with Crippen LogP contribution in [0.2, 0.25) is 0 Å². The zero-order valence-electron chi connectivity index (χ0n) is 15.6. The highest BCUT2D eigenvalue weighted by atomic mass is 19.4. The topological polar surface area (TPSA) is 49.4 Å². The molecule has 4 nitrogen and oxygen atoms in total. The molecule has 2 aromatic carbocycles. The normalized spacial score (nSPS) is 18.5. The summed E-state index contributed by atoms with van der Waals surface area (Å²) in [6.07, 6.45) is -3.72. The van der Waals surface area contributed by atoms with E-state index in [-0.39, 0.29) is 23.7 Å². The molecular formula is C21H21F3N2O2. The third-order valence-electron chi connectivity index (χ3n) is 4.87. The van der Waals surface area contributed by atoms with E-state index in [1.165, 1.54) is 17.0 Å². The summed E-state index contributed by atoms with van der Waals surface area (Å²) in [4.78, 5) is 25.7. The van der Waals surface area contributed by atoms with Crippen LogP contribution >= 0.6 is 0 Å². The van der Waals surface area contributed by atoms with Crippen LogP contribution in [0.5, 0.6) is 0 Å². The van der Waals surface area contributed by atoms with Crippen molar-refractivity contribution in [3.63, 3.8) is 0 Å². The number of hydrogen-bond acceptors (Lipinski definition) is 2. The third-order valence-corrected chi connectivity index (χ3v) is 4.87. The Kier molecular flexibility index (Phi) is 5.45. The number of carbonyl (C=O) groups excluding carboxylic acids is 2. The van der Waals surface area contributed by atoms with Crippen LogP contribution in [0, 0.1) is 5.92 Å². The van der Waals surface area contributed by atoms with Gasteiger partial charge in [0.15, 0.2) is 0 Å². The number of benzene rings is 2. The van der Waals surface area contributed by atoms with Gasteiger partial charge in [-0.3, -0.25) is 9.59 Å². The van der Waals surface area contributed by atoms with Crippen molar-refractivity contribution in [1.82, 2.24) is 10.2 Å². The molecule has 1 saturated carbocycles. The van der Waals surface area contributed by atoms with Gasteiger partial charge in [-0.1, -0.05) is 24.3 Å². The van der Waals surface area contributed by atoms with E-state index < -0.39 is 11.7 Å². The maximum Gasteiger partial charge on any atom is 0.416 e. The van der Waals surface area contributed by atoms with Gasteiger partial charge in [0.05, 0.1) is 5.56 Å². The molecule has 0 aromatic heterocycles. The predicted molar refractivity (Wildman–Crippen MR) is 98.6 cm³/mol. The first kappa shape index (κ1) is 19.9. The van der Waals surface area contributed by atoms with Crippen molar-refractivity contribution >= 4 is 11.8 Å². The van der Waals surface area contributed by atoms with Gasteiger partial charge in [0, 0.05) is 32.1 Å². The first-order chi connectivity index (χ1) is 13.2. The molecule has 0 saturated heterocycles. The molecule has 0 spiro atoms. The number of rotatable bonds is 5. The van der Waals surface area contributed by atoms with Gasteiger partial charge in [0.25, 0.3) is 5.91 Å². The number of nitrogens with one attached hydrogen (secondary N) is 1. The highest BCUT2D eigenvalue weighted by Crippen LogP contribution is 2.48. The SMILES string of the molecule is CN(C)C(=O)c1ccc(CNC(=O)C2CC2c2ccc(C(F)(F)F)cc2)cc1. The van der Waals surface area contributed by atoms with Gasteiger partial charge in [-0.25, -0.2) is 0 Å². The van der Waals surface area contributed by atoms with Crippen molar-refractivity contribution in [2.75, 3.05) is 14.1 Å². The molecule has 7 heteroatoms. The van der Waals surface area contributed by atoms with Crippen LogP contribution in [0.4, 0.5) is 13.2 Å². The van der Waals surface area contributed by atoms with Gasteiger partial charge in [0.2, 0.25) is 5.91 Å². The van der Waals surface area contributed by atoms with Crippen LogP contribution in [0.1, 0.15) is 39.4 Å². The summed E-state index contributed by atoms with van der Waals surface area (Å²) >= 11 is 0. The lowest BCUT2D eigenvalue weighted by Gasteiger charge is -2.11. The molecule has 0 bridgehead atoms. The van der Waals surface area contributed by atoms with Gasteiger partial charge >= 0.3 is 6.18 Å². The zero-order chi connectivity index (χ0) is 20.5. The van der Waals surface area contributed by atoms with Gasteiger partial charge < -0.3 is 10.2 Å². The Hall–Kier alpha value is -2.83. The largest absolute Gasteiger partial charge is 0.416 e. The van der Waals surface area contributed by atoms with Crippen LogP contribution < -0.4 is 5.32 Å². The second-order valence-electron chi connectivity index (χ2n) is 7.18. The maximum absolute atomic E-state index is 12.6. The zero-order valence-corrected chi connectivity index (χ0v) is 15.6. The average Bonchev–Trinajstić information content (AvgIpc) is 3.46. The molecule has 1 fully saturated rings. The number of amides is 2. The molecule has 0 radical (unpaired) electrons. The van der Waals surface area contributed by atoms with Crippen LogP contribution in [-0.2, 0) is 17.5 Å². The molecule has 1 N–H and O–H groups in total. The Morgan fingerprint density at radius 3 is 2.18 bits per heavy atom. The Labute approximate surface area is 161 Å². The molecule has 0 heterocycles.